The lowest BCUT2D eigenvalue weighted by atomic mass is 9.78. The maximum atomic E-state index is 13.0. The molecule has 1 fully saturated rings. The first-order valence-electron chi connectivity index (χ1n) is 10.3. The van der Waals surface area contributed by atoms with E-state index in [4.69, 9.17) is 5.73 Å². The van der Waals surface area contributed by atoms with Crippen LogP contribution in [0.3, 0.4) is 0 Å². The van der Waals surface area contributed by atoms with E-state index in [-0.39, 0.29) is 12.3 Å². The van der Waals surface area contributed by atoms with Crippen LogP contribution in [0.1, 0.15) is 38.7 Å². The minimum atomic E-state index is -4.81. The molecule has 7 N–H and O–H groups in total. The number of rotatable bonds is 8. The Labute approximate surface area is 194 Å². The van der Waals surface area contributed by atoms with Gasteiger partial charge in [0.1, 0.15) is 11.6 Å². The number of nitrogens with two attached hydrogens (primary N) is 1. The Bertz CT molecular complexity index is 1020. The zero-order chi connectivity index (χ0) is 26.1. The average Bonchev–Trinajstić information content (AvgIpc) is 2.70. The lowest BCUT2D eigenvalue weighted by Crippen LogP contribution is -2.64. The van der Waals surface area contributed by atoms with Crippen molar-refractivity contribution in [1.82, 2.24) is 10.0 Å². The van der Waals surface area contributed by atoms with Gasteiger partial charge in [-0.2, -0.15) is 13.2 Å². The van der Waals surface area contributed by atoms with Gasteiger partial charge in [0, 0.05) is 12.8 Å². The molecular formula is C20H28F3N3O7S. The van der Waals surface area contributed by atoms with Crippen LogP contribution in [0.5, 0.6) is 0 Å². The first-order valence-corrected chi connectivity index (χ1v) is 11.8. The van der Waals surface area contributed by atoms with Gasteiger partial charge in [0.15, 0.2) is 0 Å². The predicted octanol–water partition coefficient (Wildman–Crippen LogP) is -0.385. The third-order valence-corrected chi connectivity index (χ3v) is 6.96. The number of carbonyl (C=O) groups is 2. The molecule has 2 rings (SSSR count). The molecule has 192 valence electrons. The summed E-state index contributed by atoms with van der Waals surface area (Å²) < 4.78 is 66.2. The Hall–Kier alpha value is -2.26. The first kappa shape index (κ1) is 28.0. The van der Waals surface area contributed by atoms with Crippen LogP contribution in [0.2, 0.25) is 0 Å². The lowest BCUT2D eigenvalue weighted by molar-refractivity contribution is -0.158. The SMILES string of the molecule is CC(C)CC(NC(=O)C1(O)CC(O)C(O)C(NS(=O)(=O)c2cccc(C(F)(F)F)c2)C1)C(N)=O. The summed E-state index contributed by atoms with van der Waals surface area (Å²) in [5, 5.41) is 33.6. The van der Waals surface area contributed by atoms with Crippen molar-refractivity contribution in [3.63, 3.8) is 0 Å². The van der Waals surface area contributed by atoms with Gasteiger partial charge in [-0.1, -0.05) is 19.9 Å². The van der Waals surface area contributed by atoms with Gasteiger partial charge in [-0.25, -0.2) is 13.1 Å². The first-order chi connectivity index (χ1) is 15.5. The summed E-state index contributed by atoms with van der Waals surface area (Å²) >= 11 is 0. The fourth-order valence-corrected chi connectivity index (χ4v) is 5.01. The molecule has 1 aromatic rings. The second kappa shape index (κ2) is 10.2. The zero-order valence-corrected chi connectivity index (χ0v) is 19.2. The monoisotopic (exact) mass is 511 g/mol. The number of amides is 2. The highest BCUT2D eigenvalue weighted by molar-refractivity contribution is 7.89. The molecule has 14 heteroatoms. The van der Waals surface area contributed by atoms with E-state index in [0.29, 0.717) is 12.1 Å². The van der Waals surface area contributed by atoms with Gasteiger partial charge < -0.3 is 26.4 Å². The predicted molar refractivity (Wildman–Crippen MR) is 112 cm³/mol. The van der Waals surface area contributed by atoms with Crippen molar-refractivity contribution in [1.29, 1.82) is 0 Å². The van der Waals surface area contributed by atoms with E-state index >= 15 is 0 Å². The zero-order valence-electron chi connectivity index (χ0n) is 18.4. The summed E-state index contributed by atoms with van der Waals surface area (Å²) in [6.45, 7) is 3.52. The molecule has 0 bridgehead atoms. The van der Waals surface area contributed by atoms with Crippen LogP contribution in [0, 0.1) is 5.92 Å². The van der Waals surface area contributed by atoms with Crippen LogP contribution >= 0.6 is 0 Å². The minimum Gasteiger partial charge on any atom is -0.390 e. The fourth-order valence-electron chi connectivity index (χ4n) is 3.72. The molecule has 5 atom stereocenters. The number of benzene rings is 1. The summed E-state index contributed by atoms with van der Waals surface area (Å²) in [4.78, 5) is 23.6. The molecule has 0 aliphatic heterocycles. The average molecular weight is 512 g/mol. The Kier molecular flexibility index (Phi) is 8.36. The van der Waals surface area contributed by atoms with E-state index in [1.165, 1.54) is 0 Å². The van der Waals surface area contributed by atoms with E-state index < -0.39 is 81.2 Å². The van der Waals surface area contributed by atoms with Crippen LogP contribution in [-0.4, -0.2) is 65.4 Å². The molecule has 0 saturated heterocycles. The number of aliphatic hydroxyl groups excluding tert-OH is 2. The summed E-state index contributed by atoms with van der Waals surface area (Å²) in [5.74, 6) is -2.05. The number of alkyl halides is 3. The quantitative estimate of drug-likeness (QED) is 0.275. The highest BCUT2D eigenvalue weighted by Crippen LogP contribution is 2.33. The molecule has 0 radical (unpaired) electrons. The van der Waals surface area contributed by atoms with Crippen molar-refractivity contribution in [2.24, 2.45) is 11.7 Å². The van der Waals surface area contributed by atoms with Gasteiger partial charge in [0.2, 0.25) is 15.9 Å². The molecule has 2 amide bonds. The topological polar surface area (TPSA) is 179 Å². The maximum absolute atomic E-state index is 13.0. The largest absolute Gasteiger partial charge is 0.416 e. The van der Waals surface area contributed by atoms with Crippen LogP contribution in [0.15, 0.2) is 29.2 Å². The minimum absolute atomic E-state index is 0.0572. The van der Waals surface area contributed by atoms with Crippen molar-refractivity contribution in [2.45, 2.75) is 74.1 Å². The van der Waals surface area contributed by atoms with Gasteiger partial charge >= 0.3 is 6.18 Å². The van der Waals surface area contributed by atoms with Crippen molar-refractivity contribution >= 4 is 21.8 Å². The molecule has 0 aromatic heterocycles. The number of carbonyl (C=O) groups excluding carboxylic acids is 2. The highest BCUT2D eigenvalue weighted by atomic mass is 32.2. The number of hydrogen-bond donors (Lipinski definition) is 6. The smallest absolute Gasteiger partial charge is 0.390 e. The van der Waals surface area contributed by atoms with Gasteiger partial charge in [0.25, 0.3) is 5.91 Å². The number of primary amides is 1. The van der Waals surface area contributed by atoms with Crippen molar-refractivity contribution < 1.29 is 46.5 Å². The van der Waals surface area contributed by atoms with Crippen LogP contribution in [-0.2, 0) is 25.8 Å². The lowest BCUT2D eigenvalue weighted by Gasteiger charge is -2.41. The molecule has 1 aliphatic rings. The number of aliphatic hydroxyl groups is 3. The maximum Gasteiger partial charge on any atom is 0.416 e. The standard InChI is InChI=1S/C20H28F3N3O7S/c1-10(2)6-13(17(24)29)25-18(30)19(31)8-14(16(28)15(27)9-19)26-34(32,33)12-5-3-4-11(7-12)20(21,22)23/h3-5,7,10,13-16,26-28,31H,6,8-9H2,1-2H3,(H2,24,29)(H,25,30). The molecule has 1 saturated carbocycles. The molecule has 10 nitrogen and oxygen atoms in total. The van der Waals surface area contributed by atoms with Gasteiger partial charge in [-0.15, -0.1) is 0 Å². The molecule has 0 heterocycles. The Balaban J connectivity index is 2.28. The molecule has 5 unspecified atom stereocenters. The van der Waals surface area contributed by atoms with E-state index in [1.807, 2.05) is 4.72 Å². The van der Waals surface area contributed by atoms with E-state index in [9.17, 15) is 46.5 Å². The molecule has 0 spiro atoms. The second-order valence-corrected chi connectivity index (χ2v) is 10.5. The molecule has 1 aliphatic carbocycles. The van der Waals surface area contributed by atoms with Crippen molar-refractivity contribution in [3.8, 4) is 0 Å². The Morgan fingerprint density at radius 3 is 2.38 bits per heavy atom. The Morgan fingerprint density at radius 1 is 1.24 bits per heavy atom. The summed E-state index contributed by atoms with van der Waals surface area (Å²) in [5.41, 5.74) is 1.64. The summed E-state index contributed by atoms with van der Waals surface area (Å²) in [6.07, 6.45) is -9.63. The van der Waals surface area contributed by atoms with Crippen molar-refractivity contribution in [3.05, 3.63) is 29.8 Å². The van der Waals surface area contributed by atoms with Gasteiger partial charge in [-0.05, 0) is 30.5 Å². The van der Waals surface area contributed by atoms with Gasteiger partial charge in [-0.3, -0.25) is 9.59 Å². The van der Waals surface area contributed by atoms with Crippen molar-refractivity contribution in [2.75, 3.05) is 0 Å². The molecule has 34 heavy (non-hydrogen) atoms. The molecule has 1 aromatic carbocycles. The second-order valence-electron chi connectivity index (χ2n) is 8.81. The Morgan fingerprint density at radius 2 is 1.85 bits per heavy atom. The van der Waals surface area contributed by atoms with E-state index in [1.54, 1.807) is 13.8 Å². The van der Waals surface area contributed by atoms with E-state index in [0.717, 1.165) is 12.1 Å². The van der Waals surface area contributed by atoms with E-state index in [2.05, 4.69) is 5.32 Å². The molecular weight excluding hydrogens is 483 g/mol. The normalized spacial score (nSPS) is 26.8. The van der Waals surface area contributed by atoms with Gasteiger partial charge in [0.05, 0.1) is 28.7 Å². The number of nitrogens with one attached hydrogen (secondary N) is 2. The van der Waals surface area contributed by atoms with Crippen LogP contribution < -0.4 is 15.8 Å². The third kappa shape index (κ3) is 6.66. The summed E-state index contributed by atoms with van der Waals surface area (Å²) in [6, 6.07) is 0.0402. The number of hydrogen-bond acceptors (Lipinski definition) is 7. The van der Waals surface area contributed by atoms with Crippen LogP contribution in [0.25, 0.3) is 0 Å². The van der Waals surface area contributed by atoms with Crippen LogP contribution in [0.4, 0.5) is 13.2 Å². The number of halogens is 3. The fraction of sp³-hybridized carbons (Fsp3) is 0.600. The summed E-state index contributed by atoms with van der Waals surface area (Å²) in [7, 11) is -4.67. The highest BCUT2D eigenvalue weighted by Gasteiger charge is 2.50. The number of sulfonamides is 1. The third-order valence-electron chi connectivity index (χ3n) is 5.47.